The van der Waals surface area contributed by atoms with Crippen molar-refractivity contribution in [1.82, 2.24) is 5.32 Å². The van der Waals surface area contributed by atoms with E-state index in [1.165, 1.54) is 11.1 Å². The van der Waals surface area contributed by atoms with Gasteiger partial charge in [-0.1, -0.05) is 37.3 Å². The molecule has 134 valence electrons. The Morgan fingerprint density at radius 2 is 1.76 bits per heavy atom. The summed E-state index contributed by atoms with van der Waals surface area (Å²) in [6, 6.07) is 12.2. The van der Waals surface area contributed by atoms with E-state index in [1.54, 1.807) is 6.92 Å². The molecule has 0 unspecified atom stereocenters. The molecule has 0 fully saturated rings. The van der Waals surface area contributed by atoms with Gasteiger partial charge in [-0.05, 0) is 74.9 Å². The van der Waals surface area contributed by atoms with Crippen molar-refractivity contribution in [2.45, 2.75) is 60.1 Å². The number of nitrogens with one attached hydrogen (secondary N) is 1. The normalized spacial score (nSPS) is 13.2. The molecule has 1 amide bonds. The minimum atomic E-state index is -0.541. The van der Waals surface area contributed by atoms with Gasteiger partial charge < -0.3 is 10.1 Å². The van der Waals surface area contributed by atoms with Gasteiger partial charge in [-0.3, -0.25) is 4.79 Å². The summed E-state index contributed by atoms with van der Waals surface area (Å²) in [5.41, 5.74) is 5.87. The zero-order chi connectivity index (χ0) is 18.6. The maximum Gasteiger partial charge on any atom is 0.261 e. The van der Waals surface area contributed by atoms with Gasteiger partial charge in [0.1, 0.15) is 5.75 Å². The molecule has 0 aliphatic heterocycles. The number of aryl methyl sites for hydroxylation is 3. The lowest BCUT2D eigenvalue weighted by atomic mass is 9.99. The van der Waals surface area contributed by atoms with Gasteiger partial charge in [0.05, 0.1) is 6.04 Å². The molecule has 0 bridgehead atoms. The molecule has 0 heterocycles. The van der Waals surface area contributed by atoms with Crippen LogP contribution in [-0.4, -0.2) is 12.0 Å². The number of hydrogen-bond acceptors (Lipinski definition) is 2. The molecule has 2 aromatic rings. The fourth-order valence-corrected chi connectivity index (χ4v) is 2.79. The first-order valence-corrected chi connectivity index (χ1v) is 8.93. The molecule has 25 heavy (non-hydrogen) atoms. The van der Waals surface area contributed by atoms with Crippen molar-refractivity contribution in [1.29, 1.82) is 0 Å². The Bertz CT molecular complexity index is 752. The Hall–Kier alpha value is -2.29. The predicted octanol–water partition coefficient (Wildman–Crippen LogP) is 4.96. The quantitative estimate of drug-likeness (QED) is 0.808. The Balaban J connectivity index is 2.08. The number of rotatable bonds is 6. The van der Waals surface area contributed by atoms with Crippen LogP contribution in [0.5, 0.6) is 5.75 Å². The van der Waals surface area contributed by atoms with Gasteiger partial charge in [-0.25, -0.2) is 0 Å². The van der Waals surface area contributed by atoms with E-state index in [9.17, 15) is 4.79 Å². The van der Waals surface area contributed by atoms with Gasteiger partial charge in [-0.2, -0.15) is 0 Å². The van der Waals surface area contributed by atoms with Crippen molar-refractivity contribution in [3.05, 3.63) is 64.2 Å². The summed E-state index contributed by atoms with van der Waals surface area (Å²) >= 11 is 0. The number of ether oxygens (including phenoxy) is 1. The number of hydrogen-bond donors (Lipinski definition) is 1. The van der Waals surface area contributed by atoms with Crippen molar-refractivity contribution in [3.8, 4) is 5.75 Å². The fourth-order valence-electron chi connectivity index (χ4n) is 2.79. The van der Waals surface area contributed by atoms with Crippen LogP contribution in [-0.2, 0) is 4.79 Å². The van der Waals surface area contributed by atoms with E-state index in [1.807, 2.05) is 32.0 Å². The molecule has 1 N–H and O–H groups in total. The number of carbonyl (C=O) groups is 1. The average molecular weight is 339 g/mol. The van der Waals surface area contributed by atoms with E-state index < -0.39 is 6.10 Å². The van der Waals surface area contributed by atoms with Crippen LogP contribution < -0.4 is 10.1 Å². The van der Waals surface area contributed by atoms with Crippen LogP contribution in [0.2, 0.25) is 0 Å². The lowest BCUT2D eigenvalue weighted by Gasteiger charge is -2.22. The second kappa shape index (κ2) is 8.19. The predicted molar refractivity (Wildman–Crippen MR) is 103 cm³/mol. The maximum atomic E-state index is 12.6. The van der Waals surface area contributed by atoms with E-state index in [2.05, 4.69) is 44.3 Å². The largest absolute Gasteiger partial charge is 0.481 e. The molecule has 0 spiro atoms. The van der Waals surface area contributed by atoms with Crippen molar-refractivity contribution in [3.63, 3.8) is 0 Å². The Labute approximate surface area is 151 Å². The van der Waals surface area contributed by atoms with Crippen molar-refractivity contribution >= 4 is 5.91 Å². The molecular weight excluding hydrogens is 310 g/mol. The molecule has 0 saturated carbocycles. The van der Waals surface area contributed by atoms with Crippen LogP contribution in [0.3, 0.4) is 0 Å². The SMILES string of the molecule is CC[C@@H](NC(=O)[C@@H](C)Oc1cccc(C)c1C)c1ccc(C)c(C)c1. The van der Waals surface area contributed by atoms with Crippen LogP contribution >= 0.6 is 0 Å². The van der Waals surface area contributed by atoms with Crippen LogP contribution in [0.25, 0.3) is 0 Å². The summed E-state index contributed by atoms with van der Waals surface area (Å²) < 4.78 is 5.90. The van der Waals surface area contributed by atoms with Crippen molar-refractivity contribution < 1.29 is 9.53 Å². The summed E-state index contributed by atoms with van der Waals surface area (Å²) in [5, 5.41) is 3.12. The average Bonchev–Trinajstić information content (AvgIpc) is 2.59. The van der Waals surface area contributed by atoms with Gasteiger partial charge in [-0.15, -0.1) is 0 Å². The van der Waals surface area contributed by atoms with Crippen LogP contribution in [0.1, 0.15) is 54.1 Å². The maximum absolute atomic E-state index is 12.6. The third kappa shape index (κ3) is 4.62. The van der Waals surface area contributed by atoms with E-state index in [0.29, 0.717) is 0 Å². The third-order valence-electron chi connectivity index (χ3n) is 4.89. The first-order valence-electron chi connectivity index (χ1n) is 8.93. The first-order chi connectivity index (χ1) is 11.8. The number of amides is 1. The zero-order valence-corrected chi connectivity index (χ0v) is 16.1. The van der Waals surface area contributed by atoms with Crippen molar-refractivity contribution in [2.24, 2.45) is 0 Å². The van der Waals surface area contributed by atoms with E-state index in [0.717, 1.165) is 28.9 Å². The monoisotopic (exact) mass is 339 g/mol. The highest BCUT2D eigenvalue weighted by Crippen LogP contribution is 2.23. The molecule has 0 aliphatic rings. The van der Waals surface area contributed by atoms with Crippen LogP contribution in [0, 0.1) is 27.7 Å². The second-order valence-electron chi connectivity index (χ2n) is 6.77. The summed E-state index contributed by atoms with van der Waals surface area (Å²) in [6.07, 6.45) is 0.297. The third-order valence-corrected chi connectivity index (χ3v) is 4.89. The highest BCUT2D eigenvalue weighted by Gasteiger charge is 2.20. The topological polar surface area (TPSA) is 38.3 Å². The van der Waals surface area contributed by atoms with E-state index in [4.69, 9.17) is 4.74 Å². The standard InChI is InChI=1S/C22H29NO2/c1-7-20(19-12-11-14(2)16(4)13-19)23-22(24)18(6)25-21-10-8-9-15(3)17(21)5/h8-13,18,20H,7H2,1-6H3,(H,23,24)/t18-,20-/m1/s1. The highest BCUT2D eigenvalue weighted by atomic mass is 16.5. The molecule has 2 atom stereocenters. The second-order valence-corrected chi connectivity index (χ2v) is 6.77. The van der Waals surface area contributed by atoms with Gasteiger partial charge >= 0.3 is 0 Å². The minimum Gasteiger partial charge on any atom is -0.481 e. The molecule has 0 aliphatic carbocycles. The molecule has 0 radical (unpaired) electrons. The Kier molecular flexibility index (Phi) is 6.24. The number of carbonyl (C=O) groups excluding carboxylic acids is 1. The highest BCUT2D eigenvalue weighted by molar-refractivity contribution is 5.81. The molecule has 0 aromatic heterocycles. The summed E-state index contributed by atoms with van der Waals surface area (Å²) in [6.45, 7) is 12.1. The van der Waals surface area contributed by atoms with Gasteiger partial charge in [0.2, 0.25) is 0 Å². The minimum absolute atomic E-state index is 0.00328. The number of benzene rings is 2. The summed E-state index contributed by atoms with van der Waals surface area (Å²) in [4.78, 5) is 12.6. The Morgan fingerprint density at radius 1 is 1.04 bits per heavy atom. The smallest absolute Gasteiger partial charge is 0.261 e. The van der Waals surface area contributed by atoms with Gasteiger partial charge in [0, 0.05) is 0 Å². The molecule has 2 aromatic carbocycles. The molecule has 3 heteroatoms. The summed E-state index contributed by atoms with van der Waals surface area (Å²) in [5.74, 6) is 0.674. The molecular formula is C22H29NO2. The lowest BCUT2D eigenvalue weighted by molar-refractivity contribution is -0.128. The van der Waals surface area contributed by atoms with E-state index in [-0.39, 0.29) is 11.9 Å². The first kappa shape index (κ1) is 19.0. The molecule has 0 saturated heterocycles. The summed E-state index contributed by atoms with van der Waals surface area (Å²) in [7, 11) is 0. The molecule has 3 nitrogen and oxygen atoms in total. The lowest BCUT2D eigenvalue weighted by Crippen LogP contribution is -2.38. The van der Waals surface area contributed by atoms with Crippen molar-refractivity contribution in [2.75, 3.05) is 0 Å². The van der Waals surface area contributed by atoms with Crippen LogP contribution in [0.4, 0.5) is 0 Å². The molecule has 2 rings (SSSR count). The zero-order valence-electron chi connectivity index (χ0n) is 16.1. The fraction of sp³-hybridized carbons (Fsp3) is 0.409. The van der Waals surface area contributed by atoms with Gasteiger partial charge in [0.25, 0.3) is 5.91 Å². The van der Waals surface area contributed by atoms with Gasteiger partial charge in [0.15, 0.2) is 6.10 Å². The van der Waals surface area contributed by atoms with Crippen LogP contribution in [0.15, 0.2) is 36.4 Å². The van der Waals surface area contributed by atoms with E-state index >= 15 is 0 Å². The Morgan fingerprint density at radius 3 is 2.40 bits per heavy atom.